The highest BCUT2D eigenvalue weighted by atomic mass is 35.5. The summed E-state index contributed by atoms with van der Waals surface area (Å²) in [4.78, 5) is 4.15. The number of benzene rings is 2. The molecule has 1 N–H and O–H groups in total. The molecular weight excluding hydrogens is 280 g/mol. The van der Waals surface area contributed by atoms with Crippen LogP contribution in [0.4, 0.5) is 5.69 Å². The summed E-state index contributed by atoms with van der Waals surface area (Å²) < 4.78 is 0. The number of nitrogens with one attached hydrogen (secondary N) is 1. The molecule has 0 aromatic heterocycles. The quantitative estimate of drug-likeness (QED) is 0.910. The number of anilines is 1. The third kappa shape index (κ3) is 3.99. The van der Waals surface area contributed by atoms with E-state index in [4.69, 9.17) is 11.6 Å². The first-order valence-corrected chi connectivity index (χ1v) is 8.07. The molecule has 1 fully saturated rings. The molecule has 1 saturated heterocycles. The predicted molar refractivity (Wildman–Crippen MR) is 89.4 cm³/mol. The summed E-state index contributed by atoms with van der Waals surface area (Å²) in [6.07, 6.45) is 1.17. The van der Waals surface area contributed by atoms with Crippen molar-refractivity contribution in [3.05, 3.63) is 65.2 Å². The molecule has 0 saturated carbocycles. The maximum Gasteiger partial charge on any atom is 0.0949 e. The summed E-state index contributed by atoms with van der Waals surface area (Å²) in [6.45, 7) is 5.88. The monoisotopic (exact) mass is 301 g/mol. The van der Waals surface area contributed by atoms with Gasteiger partial charge in [-0.05, 0) is 23.8 Å². The molecule has 21 heavy (non-hydrogen) atoms. The van der Waals surface area contributed by atoms with Gasteiger partial charge in [-0.2, -0.15) is 0 Å². The van der Waals surface area contributed by atoms with E-state index in [1.165, 1.54) is 37.3 Å². The van der Waals surface area contributed by atoms with Crippen molar-refractivity contribution >= 4 is 17.3 Å². The number of nitrogens with zero attached hydrogens (tertiary/aromatic N) is 1. The van der Waals surface area contributed by atoms with Gasteiger partial charge in [-0.3, -0.25) is 0 Å². The van der Waals surface area contributed by atoms with Crippen LogP contribution in [0, 0.1) is 0 Å². The zero-order chi connectivity index (χ0) is 14.5. The predicted octanol–water partition coefficient (Wildman–Crippen LogP) is 2.29. The summed E-state index contributed by atoms with van der Waals surface area (Å²) in [7, 11) is 0. The molecule has 1 aliphatic heterocycles. The zero-order valence-electron chi connectivity index (χ0n) is 12.3. The van der Waals surface area contributed by atoms with Gasteiger partial charge in [0.2, 0.25) is 0 Å². The van der Waals surface area contributed by atoms with E-state index in [1.54, 1.807) is 4.90 Å². The van der Waals surface area contributed by atoms with Gasteiger partial charge in [0, 0.05) is 17.1 Å². The Labute approximate surface area is 131 Å². The van der Waals surface area contributed by atoms with Crippen molar-refractivity contribution in [1.82, 2.24) is 0 Å². The molecule has 2 aromatic carbocycles. The van der Waals surface area contributed by atoms with Crippen LogP contribution < -0.4 is 9.80 Å². The van der Waals surface area contributed by atoms with Crippen LogP contribution in [0.25, 0.3) is 0 Å². The zero-order valence-corrected chi connectivity index (χ0v) is 13.0. The first-order chi connectivity index (χ1) is 10.3. The third-order valence-electron chi connectivity index (χ3n) is 4.25. The standard InChI is InChI=1S/C18H21ClN2/c19-17-7-4-8-18(15-17)21-13-11-20(12-14-21)10-9-16-5-2-1-3-6-16/h1-8,15H,9-14H2/p+1. The average Bonchev–Trinajstić information content (AvgIpc) is 2.54. The Morgan fingerprint density at radius 3 is 2.43 bits per heavy atom. The molecule has 2 nitrogen and oxygen atoms in total. The van der Waals surface area contributed by atoms with Crippen LogP contribution in [0.2, 0.25) is 5.02 Å². The Balaban J connectivity index is 1.49. The van der Waals surface area contributed by atoms with E-state index in [9.17, 15) is 0 Å². The lowest BCUT2D eigenvalue weighted by Gasteiger charge is -2.33. The lowest BCUT2D eigenvalue weighted by molar-refractivity contribution is -0.900. The number of piperazine rings is 1. The van der Waals surface area contributed by atoms with Crippen LogP contribution in [-0.4, -0.2) is 32.7 Å². The first kappa shape index (κ1) is 14.4. The Kier molecular flexibility index (Phi) is 4.79. The van der Waals surface area contributed by atoms with Gasteiger partial charge in [0.15, 0.2) is 0 Å². The van der Waals surface area contributed by atoms with Crippen molar-refractivity contribution < 1.29 is 4.90 Å². The summed E-state index contributed by atoms with van der Waals surface area (Å²) in [5, 5.41) is 0.825. The molecule has 3 rings (SSSR count). The van der Waals surface area contributed by atoms with Crippen molar-refractivity contribution in [3.8, 4) is 0 Å². The fraction of sp³-hybridized carbons (Fsp3) is 0.333. The van der Waals surface area contributed by atoms with Crippen molar-refractivity contribution in [1.29, 1.82) is 0 Å². The van der Waals surface area contributed by atoms with Gasteiger partial charge >= 0.3 is 0 Å². The van der Waals surface area contributed by atoms with E-state index >= 15 is 0 Å². The van der Waals surface area contributed by atoms with E-state index < -0.39 is 0 Å². The minimum Gasteiger partial charge on any atom is -0.360 e. The lowest BCUT2D eigenvalue weighted by atomic mass is 10.1. The Morgan fingerprint density at radius 1 is 0.952 bits per heavy atom. The molecule has 0 bridgehead atoms. The van der Waals surface area contributed by atoms with Gasteiger partial charge in [0.25, 0.3) is 0 Å². The van der Waals surface area contributed by atoms with Crippen molar-refractivity contribution in [2.75, 3.05) is 37.6 Å². The minimum atomic E-state index is 0.825. The molecule has 2 aromatic rings. The molecular formula is C18H22ClN2+. The highest BCUT2D eigenvalue weighted by Gasteiger charge is 2.19. The highest BCUT2D eigenvalue weighted by Crippen LogP contribution is 2.19. The van der Waals surface area contributed by atoms with E-state index in [0.717, 1.165) is 18.1 Å². The van der Waals surface area contributed by atoms with Gasteiger partial charge in [0.1, 0.15) is 0 Å². The van der Waals surface area contributed by atoms with Crippen molar-refractivity contribution in [2.24, 2.45) is 0 Å². The summed E-state index contributed by atoms with van der Waals surface area (Å²) in [5.74, 6) is 0. The summed E-state index contributed by atoms with van der Waals surface area (Å²) >= 11 is 6.08. The molecule has 0 spiro atoms. The van der Waals surface area contributed by atoms with Gasteiger partial charge in [-0.25, -0.2) is 0 Å². The molecule has 1 heterocycles. The maximum absolute atomic E-state index is 6.08. The molecule has 0 amide bonds. The Bertz CT molecular complexity index is 562. The second-order valence-electron chi connectivity index (χ2n) is 5.70. The van der Waals surface area contributed by atoms with E-state index in [-0.39, 0.29) is 0 Å². The van der Waals surface area contributed by atoms with Crippen LogP contribution in [-0.2, 0) is 6.42 Å². The smallest absolute Gasteiger partial charge is 0.0949 e. The molecule has 0 aliphatic carbocycles. The van der Waals surface area contributed by atoms with E-state index in [0.29, 0.717) is 0 Å². The maximum atomic E-state index is 6.08. The fourth-order valence-electron chi connectivity index (χ4n) is 2.97. The van der Waals surface area contributed by atoms with Crippen LogP contribution in [0.3, 0.4) is 0 Å². The van der Waals surface area contributed by atoms with Crippen molar-refractivity contribution in [3.63, 3.8) is 0 Å². The Morgan fingerprint density at radius 2 is 1.71 bits per heavy atom. The molecule has 0 radical (unpaired) electrons. The number of hydrogen-bond donors (Lipinski definition) is 1. The third-order valence-corrected chi connectivity index (χ3v) is 4.49. The second kappa shape index (κ2) is 6.97. The molecule has 1 aliphatic rings. The number of quaternary nitrogens is 1. The molecule has 0 unspecified atom stereocenters. The molecule has 0 atom stereocenters. The van der Waals surface area contributed by atoms with Crippen LogP contribution >= 0.6 is 11.6 Å². The average molecular weight is 302 g/mol. The molecule has 3 heteroatoms. The topological polar surface area (TPSA) is 7.68 Å². The van der Waals surface area contributed by atoms with Crippen LogP contribution in [0.15, 0.2) is 54.6 Å². The number of halogens is 1. The van der Waals surface area contributed by atoms with Gasteiger partial charge in [-0.15, -0.1) is 0 Å². The first-order valence-electron chi connectivity index (χ1n) is 7.69. The number of rotatable bonds is 4. The van der Waals surface area contributed by atoms with Gasteiger partial charge in [-0.1, -0.05) is 48.0 Å². The van der Waals surface area contributed by atoms with Gasteiger partial charge in [0.05, 0.1) is 32.7 Å². The molecule has 110 valence electrons. The SMILES string of the molecule is Clc1cccc(N2CC[NH+](CCc3ccccc3)CC2)c1. The second-order valence-corrected chi connectivity index (χ2v) is 6.14. The Hall–Kier alpha value is -1.51. The van der Waals surface area contributed by atoms with Crippen molar-refractivity contribution in [2.45, 2.75) is 6.42 Å². The summed E-state index contributed by atoms with van der Waals surface area (Å²) in [6, 6.07) is 19.0. The van der Waals surface area contributed by atoms with Crippen LogP contribution in [0.1, 0.15) is 5.56 Å². The van der Waals surface area contributed by atoms with Gasteiger partial charge < -0.3 is 9.80 Å². The van der Waals surface area contributed by atoms with Crippen LogP contribution in [0.5, 0.6) is 0 Å². The lowest BCUT2D eigenvalue weighted by Crippen LogP contribution is -3.15. The fourth-order valence-corrected chi connectivity index (χ4v) is 3.15. The van der Waals surface area contributed by atoms with E-state index in [1.807, 2.05) is 12.1 Å². The minimum absolute atomic E-state index is 0.825. The summed E-state index contributed by atoms with van der Waals surface area (Å²) in [5.41, 5.74) is 2.70. The largest absolute Gasteiger partial charge is 0.360 e. The normalized spacial score (nSPS) is 16.1. The highest BCUT2D eigenvalue weighted by molar-refractivity contribution is 6.30. The number of hydrogen-bond acceptors (Lipinski definition) is 1. The van der Waals surface area contributed by atoms with E-state index in [2.05, 4.69) is 47.4 Å².